The van der Waals surface area contributed by atoms with Crippen LogP contribution in [0.4, 0.5) is 0 Å². The van der Waals surface area contributed by atoms with Gasteiger partial charge < -0.3 is 0 Å². The van der Waals surface area contributed by atoms with E-state index in [2.05, 4.69) is 3.53 Å². The number of furan rings is 2. The zero-order valence-corrected chi connectivity index (χ0v) is 16.8. The second-order valence-corrected chi connectivity index (χ2v) is 11.1. The average Bonchev–Trinajstić information content (AvgIpc) is 3.20. The number of nitrogens with one attached hydrogen (secondary N) is 1. The molecule has 0 spiro atoms. The van der Waals surface area contributed by atoms with E-state index in [0.717, 1.165) is 0 Å². The van der Waals surface area contributed by atoms with E-state index in [-0.39, 0.29) is 75.4 Å². The van der Waals surface area contributed by atoms with Gasteiger partial charge in [-0.05, 0) is 0 Å². The van der Waals surface area contributed by atoms with Crippen LogP contribution >= 0.6 is 0 Å². The number of benzene rings is 1. The van der Waals surface area contributed by atoms with Gasteiger partial charge in [-0.3, -0.25) is 0 Å². The van der Waals surface area contributed by atoms with Crippen molar-refractivity contribution in [1.29, 1.82) is 0 Å². The van der Waals surface area contributed by atoms with Gasteiger partial charge in [0.05, 0.1) is 0 Å². The standard InChI is InChI=1S/C14H11I2NO7/c1-14(15-2,12-16-17-12)13(20)21-4-7(18)23-9-6-3-5-8(22-6)10(9)24-11(5)19/h3,12,17H,4H2,1-2H3/q-2. The van der Waals surface area contributed by atoms with E-state index in [1.165, 1.54) is 6.07 Å². The second-order valence-electron chi connectivity index (χ2n) is 5.30. The van der Waals surface area contributed by atoms with E-state index >= 15 is 0 Å². The van der Waals surface area contributed by atoms with Crippen LogP contribution in [0.15, 0.2) is 10.5 Å². The van der Waals surface area contributed by atoms with Gasteiger partial charge in [0.15, 0.2) is 0 Å². The maximum atomic E-state index is 12.3. The number of ether oxygens (including phenoxy) is 3. The molecule has 0 saturated carbocycles. The molecule has 0 radical (unpaired) electrons. The Morgan fingerprint density at radius 1 is 1.50 bits per heavy atom. The van der Waals surface area contributed by atoms with Gasteiger partial charge in [0.1, 0.15) is 0 Å². The molecule has 2 aromatic heterocycles. The van der Waals surface area contributed by atoms with Crippen molar-refractivity contribution in [3.63, 3.8) is 0 Å². The summed E-state index contributed by atoms with van der Waals surface area (Å²) >= 11 is -0.515. The summed E-state index contributed by atoms with van der Waals surface area (Å²) in [6, 6.07) is 1.46. The quantitative estimate of drug-likeness (QED) is 0.0710. The molecule has 2 bridgehead atoms. The van der Waals surface area contributed by atoms with Crippen molar-refractivity contribution in [3.05, 3.63) is 11.6 Å². The summed E-state index contributed by atoms with van der Waals surface area (Å²) < 4.78 is 23.6. The maximum absolute atomic E-state index is 12.3. The van der Waals surface area contributed by atoms with Crippen molar-refractivity contribution < 1.29 is 75.7 Å². The van der Waals surface area contributed by atoms with Crippen molar-refractivity contribution in [2.24, 2.45) is 0 Å². The van der Waals surface area contributed by atoms with E-state index in [1.807, 2.05) is 11.9 Å². The first-order valence-corrected chi connectivity index (χ1v) is 12.4. The van der Waals surface area contributed by atoms with Crippen LogP contribution in [-0.4, -0.2) is 36.9 Å². The van der Waals surface area contributed by atoms with Crippen LogP contribution in [0.2, 0.25) is 0 Å². The van der Waals surface area contributed by atoms with Crippen molar-refractivity contribution in [1.82, 2.24) is 3.53 Å². The molecular weight excluding hydrogens is 548 g/mol. The average molecular weight is 559 g/mol. The van der Waals surface area contributed by atoms with Gasteiger partial charge in [0.25, 0.3) is 0 Å². The monoisotopic (exact) mass is 559 g/mol. The molecule has 8 nitrogen and oxygen atoms in total. The minimum atomic E-state index is -0.747. The molecule has 0 amide bonds. The molecule has 2 unspecified atom stereocenters. The fourth-order valence-electron chi connectivity index (χ4n) is 2.30. The number of hydrogen-bond acceptors (Lipinski definition) is 8. The van der Waals surface area contributed by atoms with Gasteiger partial charge >= 0.3 is 157 Å². The number of hydrogen-bond donors (Lipinski definition) is 1. The Labute approximate surface area is 156 Å². The zero-order chi connectivity index (χ0) is 17.1. The van der Waals surface area contributed by atoms with Gasteiger partial charge in [-0.1, -0.05) is 0 Å². The fraction of sp³-hybridized carbons (Fsp3) is 0.357. The number of rotatable bonds is 6. The summed E-state index contributed by atoms with van der Waals surface area (Å²) in [5.41, 5.74) is 0.868. The van der Waals surface area contributed by atoms with Gasteiger partial charge in [-0.15, -0.1) is 0 Å². The van der Waals surface area contributed by atoms with Crippen LogP contribution in [0.3, 0.4) is 0 Å². The predicted octanol–water partition coefficient (Wildman–Crippen LogP) is -5.74. The minimum absolute atomic E-state index is 0.0565. The Kier molecular flexibility index (Phi) is 3.87. The zero-order valence-electron chi connectivity index (χ0n) is 12.5. The number of carbonyl (C=O) groups excluding carboxylic acids is 3. The SMILES string of the molecule is C[I-]C(C)(C(=O)OCC(=O)Oc1c2c3oc1cc3C(=O)O2)C1N[I-]1. The molecule has 1 fully saturated rings. The molecular formula is C14H11I2NO7-2. The van der Waals surface area contributed by atoms with E-state index in [0.29, 0.717) is 5.56 Å². The van der Waals surface area contributed by atoms with Gasteiger partial charge in [0.2, 0.25) is 0 Å². The summed E-state index contributed by atoms with van der Waals surface area (Å²) in [6.07, 6.45) is 0. The topological polar surface area (TPSA) is 114 Å². The Hall–Kier alpha value is -1.15. The molecule has 0 aromatic carbocycles. The third-order valence-corrected chi connectivity index (χ3v) is 10.8. The molecule has 4 rings (SSSR count). The van der Waals surface area contributed by atoms with Crippen LogP contribution < -0.4 is 55.7 Å². The molecule has 2 aromatic rings. The van der Waals surface area contributed by atoms with Gasteiger partial charge in [-0.25, -0.2) is 0 Å². The first-order valence-electron chi connectivity index (χ1n) is 6.81. The predicted molar refractivity (Wildman–Crippen MR) is 70.2 cm³/mol. The Morgan fingerprint density at radius 2 is 2.25 bits per heavy atom. The molecule has 24 heavy (non-hydrogen) atoms. The molecule has 10 heteroatoms. The molecule has 2 aliphatic rings. The molecule has 1 N–H and O–H groups in total. The van der Waals surface area contributed by atoms with Crippen LogP contribution in [-0.2, 0) is 14.3 Å². The van der Waals surface area contributed by atoms with Gasteiger partial charge in [0, 0.05) is 0 Å². The van der Waals surface area contributed by atoms with E-state index in [4.69, 9.17) is 18.6 Å². The summed E-state index contributed by atoms with van der Waals surface area (Å²) in [5, 5.41) is 0. The summed E-state index contributed by atoms with van der Waals surface area (Å²) in [5.74, 6) is -1.48. The van der Waals surface area contributed by atoms with Crippen molar-refractivity contribution in [2.45, 2.75) is 14.4 Å². The van der Waals surface area contributed by atoms with E-state index in [1.54, 1.807) is 0 Å². The Balaban J connectivity index is 1.39. The molecule has 2 aliphatic heterocycles. The number of carbonyl (C=O) groups is 3. The van der Waals surface area contributed by atoms with E-state index in [9.17, 15) is 14.4 Å². The first-order chi connectivity index (χ1) is 11.4. The number of fused-ring (bicyclic) bond motifs is 1. The number of halogens is 2. The van der Waals surface area contributed by atoms with Crippen LogP contribution in [0.5, 0.6) is 11.5 Å². The fourth-order valence-corrected chi connectivity index (χ4v) is 8.20. The number of esters is 3. The summed E-state index contributed by atoms with van der Waals surface area (Å²) in [7, 11) is 0. The molecule has 4 heterocycles. The third kappa shape index (κ3) is 2.45. The third-order valence-electron chi connectivity index (χ3n) is 3.81. The Morgan fingerprint density at radius 3 is 2.92 bits per heavy atom. The molecule has 130 valence electrons. The van der Waals surface area contributed by atoms with Crippen molar-refractivity contribution >= 4 is 29.1 Å². The molecule has 0 aliphatic carbocycles. The van der Waals surface area contributed by atoms with Crippen molar-refractivity contribution in [2.75, 3.05) is 11.5 Å². The van der Waals surface area contributed by atoms with Crippen LogP contribution in [0.1, 0.15) is 17.3 Å². The van der Waals surface area contributed by atoms with Crippen LogP contribution in [0, 0.1) is 0 Å². The number of alkyl halides is 3. The molecule has 1 saturated heterocycles. The summed E-state index contributed by atoms with van der Waals surface area (Å²) in [6.45, 7) is 1.39. The summed E-state index contributed by atoms with van der Waals surface area (Å²) in [4.78, 5) is 37.8. The van der Waals surface area contributed by atoms with Crippen LogP contribution in [0.25, 0.3) is 11.2 Å². The molecule has 2 atom stereocenters. The first kappa shape index (κ1) is 16.3. The van der Waals surface area contributed by atoms with Gasteiger partial charge in [-0.2, -0.15) is 0 Å². The second kappa shape index (κ2) is 5.69. The Bertz CT molecular complexity index is 859. The van der Waals surface area contributed by atoms with E-state index < -0.39 is 22.0 Å². The normalized spacial score (nSPS) is 21.2. The van der Waals surface area contributed by atoms with Crippen molar-refractivity contribution in [3.8, 4) is 11.5 Å².